The van der Waals surface area contributed by atoms with E-state index in [0.717, 1.165) is 37.9 Å². The lowest BCUT2D eigenvalue weighted by atomic mass is 9.85. The van der Waals surface area contributed by atoms with Gasteiger partial charge >= 0.3 is 0 Å². The molecule has 1 heterocycles. The maximum absolute atomic E-state index is 13.6. The summed E-state index contributed by atoms with van der Waals surface area (Å²) in [5.41, 5.74) is 0.781. The molecule has 1 fully saturated rings. The largest absolute Gasteiger partial charge is 0.292 e. The van der Waals surface area contributed by atoms with Crippen molar-refractivity contribution >= 4 is 5.78 Å². The molecular formula is C17H24FNO. The molecule has 0 radical (unpaired) electrons. The van der Waals surface area contributed by atoms with Gasteiger partial charge in [0.2, 0.25) is 0 Å². The Balaban J connectivity index is 2.31. The van der Waals surface area contributed by atoms with E-state index in [1.54, 1.807) is 6.07 Å². The fourth-order valence-corrected chi connectivity index (χ4v) is 3.09. The molecule has 0 saturated carbocycles. The summed E-state index contributed by atoms with van der Waals surface area (Å²) in [6.07, 6.45) is 4.28. The van der Waals surface area contributed by atoms with Crippen LogP contribution in [0.25, 0.3) is 0 Å². The second-order valence-corrected chi connectivity index (χ2v) is 6.02. The summed E-state index contributed by atoms with van der Waals surface area (Å²) in [6.45, 7) is 7.79. The Morgan fingerprint density at radius 1 is 1.25 bits per heavy atom. The number of hydrogen-bond donors (Lipinski definition) is 0. The Morgan fingerprint density at radius 2 is 1.90 bits per heavy atom. The van der Waals surface area contributed by atoms with Crippen LogP contribution in [0.5, 0.6) is 0 Å². The first-order valence-electron chi connectivity index (χ1n) is 7.54. The van der Waals surface area contributed by atoms with E-state index in [4.69, 9.17) is 0 Å². The number of hydrogen-bond acceptors (Lipinski definition) is 2. The maximum Gasteiger partial charge on any atom is 0.182 e. The fraction of sp³-hybridized carbons (Fsp3) is 0.588. The number of rotatable bonds is 4. The highest BCUT2D eigenvalue weighted by Crippen LogP contribution is 2.28. The van der Waals surface area contributed by atoms with Crippen LogP contribution in [0.2, 0.25) is 0 Å². The summed E-state index contributed by atoms with van der Waals surface area (Å²) in [5, 5.41) is 0. The molecule has 20 heavy (non-hydrogen) atoms. The fourth-order valence-electron chi connectivity index (χ4n) is 3.09. The summed E-state index contributed by atoms with van der Waals surface area (Å²) in [6, 6.07) is 4.62. The second kappa shape index (κ2) is 6.04. The zero-order valence-electron chi connectivity index (χ0n) is 12.7. The number of nitrogens with zero attached hydrogens (tertiary/aromatic N) is 1. The van der Waals surface area contributed by atoms with E-state index in [-0.39, 0.29) is 11.6 Å². The average Bonchev–Trinajstić information content (AvgIpc) is 2.45. The molecule has 110 valence electrons. The molecule has 3 heteroatoms. The highest BCUT2D eigenvalue weighted by Gasteiger charge is 2.38. The minimum Gasteiger partial charge on any atom is -0.292 e. The highest BCUT2D eigenvalue weighted by atomic mass is 19.1. The molecule has 1 aromatic rings. The number of aryl methyl sites for hydroxylation is 1. The van der Waals surface area contributed by atoms with Gasteiger partial charge in [-0.05, 0) is 70.0 Å². The quantitative estimate of drug-likeness (QED) is 0.776. The maximum atomic E-state index is 13.6. The molecule has 0 bridgehead atoms. The van der Waals surface area contributed by atoms with E-state index in [1.165, 1.54) is 18.6 Å². The van der Waals surface area contributed by atoms with Crippen LogP contribution >= 0.6 is 0 Å². The molecule has 0 aliphatic carbocycles. The van der Waals surface area contributed by atoms with E-state index < -0.39 is 5.54 Å². The van der Waals surface area contributed by atoms with Gasteiger partial charge in [0.15, 0.2) is 5.78 Å². The van der Waals surface area contributed by atoms with Gasteiger partial charge in [-0.25, -0.2) is 4.39 Å². The molecule has 1 unspecified atom stereocenters. The molecule has 0 aromatic heterocycles. The summed E-state index contributed by atoms with van der Waals surface area (Å²) >= 11 is 0. The minimum absolute atomic E-state index is 0.0458. The van der Waals surface area contributed by atoms with Crippen molar-refractivity contribution < 1.29 is 9.18 Å². The number of Topliss-reactive ketones (excluding diaryl/α,β-unsaturated/α-hetero) is 1. The molecule has 0 N–H and O–H groups in total. The topological polar surface area (TPSA) is 20.3 Å². The predicted octanol–water partition coefficient (Wildman–Crippen LogP) is 3.97. The Labute approximate surface area is 121 Å². The Morgan fingerprint density at radius 3 is 2.45 bits per heavy atom. The van der Waals surface area contributed by atoms with Crippen LogP contribution in [-0.4, -0.2) is 29.3 Å². The van der Waals surface area contributed by atoms with Crippen LogP contribution in [0.15, 0.2) is 18.2 Å². The lowest BCUT2D eigenvalue weighted by molar-refractivity contribution is 0.0505. The molecule has 1 aromatic carbocycles. The van der Waals surface area contributed by atoms with E-state index in [0.29, 0.717) is 5.56 Å². The molecule has 1 aliphatic heterocycles. The summed E-state index contributed by atoms with van der Waals surface area (Å²) in [4.78, 5) is 15.2. The van der Waals surface area contributed by atoms with Crippen molar-refractivity contribution in [1.29, 1.82) is 0 Å². The molecule has 0 spiro atoms. The SMILES string of the molecule is CCC(C)(C(=O)c1cc(C)cc(F)c1)N1CCCCC1. The van der Waals surface area contributed by atoms with Crippen LogP contribution < -0.4 is 0 Å². The molecule has 0 amide bonds. The number of halogens is 1. The lowest BCUT2D eigenvalue weighted by Crippen LogP contribution is -2.53. The third kappa shape index (κ3) is 2.93. The average molecular weight is 277 g/mol. The molecule has 1 saturated heterocycles. The zero-order chi connectivity index (χ0) is 14.8. The van der Waals surface area contributed by atoms with Crippen molar-refractivity contribution in [3.63, 3.8) is 0 Å². The van der Waals surface area contributed by atoms with Gasteiger partial charge in [-0.15, -0.1) is 0 Å². The van der Waals surface area contributed by atoms with Gasteiger partial charge in [0, 0.05) is 5.56 Å². The zero-order valence-corrected chi connectivity index (χ0v) is 12.7. The Hall–Kier alpha value is -1.22. The standard InChI is InChI=1S/C17H24FNO/c1-4-17(3,19-8-6-5-7-9-19)16(20)14-10-13(2)11-15(18)12-14/h10-12H,4-9H2,1-3H3. The normalized spacial score (nSPS) is 19.6. The van der Waals surface area contributed by atoms with Crippen molar-refractivity contribution in [3.8, 4) is 0 Å². The van der Waals surface area contributed by atoms with E-state index in [2.05, 4.69) is 4.90 Å². The molecular weight excluding hydrogens is 253 g/mol. The van der Waals surface area contributed by atoms with Crippen molar-refractivity contribution in [2.75, 3.05) is 13.1 Å². The molecule has 2 nitrogen and oxygen atoms in total. The first kappa shape index (κ1) is 15.2. The van der Waals surface area contributed by atoms with Gasteiger partial charge in [-0.2, -0.15) is 0 Å². The number of carbonyl (C=O) groups excluding carboxylic acids is 1. The first-order valence-corrected chi connectivity index (χ1v) is 7.54. The predicted molar refractivity (Wildman–Crippen MR) is 79.6 cm³/mol. The van der Waals surface area contributed by atoms with Crippen molar-refractivity contribution in [3.05, 3.63) is 35.1 Å². The number of likely N-dealkylation sites (tertiary alicyclic amines) is 1. The Kier molecular flexibility index (Phi) is 4.59. The van der Waals surface area contributed by atoms with E-state index in [1.807, 2.05) is 20.8 Å². The van der Waals surface area contributed by atoms with E-state index >= 15 is 0 Å². The highest BCUT2D eigenvalue weighted by molar-refractivity contribution is 6.03. The Bertz CT molecular complexity index is 474. The van der Waals surface area contributed by atoms with Gasteiger partial charge in [0.1, 0.15) is 5.82 Å². The third-order valence-electron chi connectivity index (χ3n) is 4.54. The van der Waals surface area contributed by atoms with Crippen LogP contribution in [-0.2, 0) is 0 Å². The summed E-state index contributed by atoms with van der Waals surface area (Å²) in [5.74, 6) is -0.282. The van der Waals surface area contributed by atoms with Crippen LogP contribution in [0.4, 0.5) is 4.39 Å². The van der Waals surface area contributed by atoms with Crippen LogP contribution in [0.3, 0.4) is 0 Å². The summed E-state index contributed by atoms with van der Waals surface area (Å²) < 4.78 is 13.6. The molecule has 1 atom stereocenters. The van der Waals surface area contributed by atoms with Gasteiger partial charge in [0.05, 0.1) is 5.54 Å². The van der Waals surface area contributed by atoms with Crippen LogP contribution in [0, 0.1) is 12.7 Å². The smallest absolute Gasteiger partial charge is 0.182 e. The van der Waals surface area contributed by atoms with Gasteiger partial charge in [0.25, 0.3) is 0 Å². The van der Waals surface area contributed by atoms with Crippen molar-refractivity contribution in [2.45, 2.75) is 52.0 Å². The van der Waals surface area contributed by atoms with Crippen molar-refractivity contribution in [2.24, 2.45) is 0 Å². The lowest BCUT2D eigenvalue weighted by Gasteiger charge is -2.42. The van der Waals surface area contributed by atoms with Crippen LogP contribution in [0.1, 0.15) is 55.5 Å². The molecule has 1 aliphatic rings. The summed E-state index contributed by atoms with van der Waals surface area (Å²) in [7, 11) is 0. The van der Waals surface area contributed by atoms with Gasteiger partial charge in [-0.3, -0.25) is 9.69 Å². The van der Waals surface area contributed by atoms with Gasteiger partial charge in [-0.1, -0.05) is 13.3 Å². The monoisotopic (exact) mass is 277 g/mol. The molecule has 2 rings (SSSR count). The number of carbonyl (C=O) groups is 1. The van der Waals surface area contributed by atoms with Crippen molar-refractivity contribution in [1.82, 2.24) is 4.90 Å². The third-order valence-corrected chi connectivity index (χ3v) is 4.54. The van der Waals surface area contributed by atoms with Gasteiger partial charge < -0.3 is 0 Å². The number of ketones is 1. The second-order valence-electron chi connectivity index (χ2n) is 6.02. The first-order chi connectivity index (χ1) is 9.47. The number of piperidine rings is 1. The number of benzene rings is 1. The minimum atomic E-state index is -0.513. The van der Waals surface area contributed by atoms with E-state index in [9.17, 15) is 9.18 Å².